The van der Waals surface area contributed by atoms with Crippen LogP contribution < -0.4 is 18.9 Å². The fourth-order valence-corrected chi connectivity index (χ4v) is 4.46. The van der Waals surface area contributed by atoms with Gasteiger partial charge in [0.25, 0.3) is 0 Å². The van der Waals surface area contributed by atoms with E-state index in [1.54, 1.807) is 19.2 Å². The Morgan fingerprint density at radius 2 is 2.00 bits per heavy atom. The lowest BCUT2D eigenvalue weighted by Crippen LogP contribution is -2.39. The SMILES string of the molecule is COc1cc(O)c([C@H](CC(=O)N2CCC[C@H](C)C2)c2ccc3c(c2)OCO3)c(OC)c1. The van der Waals surface area contributed by atoms with Crippen molar-refractivity contribution in [3.8, 4) is 28.7 Å². The third-order valence-electron chi connectivity index (χ3n) is 6.09. The zero-order valence-electron chi connectivity index (χ0n) is 18.2. The molecule has 1 fully saturated rings. The molecule has 1 saturated heterocycles. The summed E-state index contributed by atoms with van der Waals surface area (Å²) in [4.78, 5) is 15.2. The second-order valence-corrected chi connectivity index (χ2v) is 8.22. The molecule has 1 amide bonds. The first-order valence-corrected chi connectivity index (χ1v) is 10.6. The number of benzene rings is 2. The minimum Gasteiger partial charge on any atom is -0.507 e. The van der Waals surface area contributed by atoms with E-state index in [4.69, 9.17) is 18.9 Å². The highest BCUT2D eigenvalue weighted by Gasteiger charge is 2.30. The molecule has 0 aromatic heterocycles. The first kappa shape index (κ1) is 21.2. The molecular formula is C24H29NO6. The fourth-order valence-electron chi connectivity index (χ4n) is 4.46. The van der Waals surface area contributed by atoms with Gasteiger partial charge in [-0.25, -0.2) is 0 Å². The van der Waals surface area contributed by atoms with Crippen LogP contribution in [-0.4, -0.2) is 50.0 Å². The predicted octanol–water partition coefficient (Wildman–Crippen LogP) is 3.92. The normalized spacial score (nSPS) is 18.5. The molecule has 166 valence electrons. The number of fused-ring (bicyclic) bond motifs is 1. The summed E-state index contributed by atoms with van der Waals surface area (Å²) in [6.07, 6.45) is 2.36. The second kappa shape index (κ2) is 8.96. The summed E-state index contributed by atoms with van der Waals surface area (Å²) in [6, 6.07) is 8.90. The number of ether oxygens (including phenoxy) is 4. The van der Waals surface area contributed by atoms with E-state index in [0.717, 1.165) is 31.5 Å². The van der Waals surface area contributed by atoms with E-state index in [1.165, 1.54) is 7.11 Å². The third-order valence-corrected chi connectivity index (χ3v) is 6.09. The lowest BCUT2D eigenvalue weighted by atomic mass is 9.86. The molecule has 4 rings (SSSR count). The molecule has 2 aliphatic rings. The average molecular weight is 427 g/mol. The van der Waals surface area contributed by atoms with Crippen LogP contribution in [0.2, 0.25) is 0 Å². The number of carbonyl (C=O) groups is 1. The Labute approximate surface area is 182 Å². The summed E-state index contributed by atoms with van der Waals surface area (Å²) in [7, 11) is 3.08. The van der Waals surface area contributed by atoms with Crippen LogP contribution in [0.1, 0.15) is 43.2 Å². The number of likely N-dealkylation sites (tertiary alicyclic amines) is 1. The van der Waals surface area contributed by atoms with Gasteiger partial charge in [-0.2, -0.15) is 0 Å². The molecular weight excluding hydrogens is 398 g/mol. The van der Waals surface area contributed by atoms with E-state index in [0.29, 0.717) is 34.5 Å². The van der Waals surface area contributed by atoms with Gasteiger partial charge < -0.3 is 29.0 Å². The van der Waals surface area contributed by atoms with Gasteiger partial charge in [0, 0.05) is 43.1 Å². The van der Waals surface area contributed by atoms with Crippen molar-refractivity contribution < 1.29 is 28.8 Å². The number of aromatic hydroxyl groups is 1. The smallest absolute Gasteiger partial charge is 0.231 e. The highest BCUT2D eigenvalue weighted by Crippen LogP contribution is 2.45. The number of rotatable bonds is 6. The molecule has 2 heterocycles. The average Bonchev–Trinajstić information content (AvgIpc) is 3.25. The molecule has 2 aromatic rings. The van der Waals surface area contributed by atoms with E-state index in [2.05, 4.69) is 6.92 Å². The number of phenolic OH excluding ortho intramolecular Hbond substituents is 1. The molecule has 0 unspecified atom stereocenters. The number of nitrogens with zero attached hydrogens (tertiary/aromatic N) is 1. The van der Waals surface area contributed by atoms with Crippen LogP contribution in [0.25, 0.3) is 0 Å². The molecule has 7 heteroatoms. The van der Waals surface area contributed by atoms with E-state index < -0.39 is 5.92 Å². The molecule has 31 heavy (non-hydrogen) atoms. The zero-order valence-corrected chi connectivity index (χ0v) is 18.2. The summed E-state index contributed by atoms with van der Waals surface area (Å²) in [5, 5.41) is 10.9. The molecule has 2 aliphatic heterocycles. The Balaban J connectivity index is 1.74. The number of phenols is 1. The van der Waals surface area contributed by atoms with Crippen LogP contribution >= 0.6 is 0 Å². The van der Waals surface area contributed by atoms with Crippen molar-refractivity contribution in [1.82, 2.24) is 4.90 Å². The third kappa shape index (κ3) is 4.36. The Bertz CT molecular complexity index is 959. The topological polar surface area (TPSA) is 77.5 Å². The second-order valence-electron chi connectivity index (χ2n) is 8.22. The molecule has 0 aliphatic carbocycles. The molecule has 7 nitrogen and oxygen atoms in total. The first-order chi connectivity index (χ1) is 15.0. The van der Waals surface area contributed by atoms with Gasteiger partial charge in [-0.15, -0.1) is 0 Å². The van der Waals surface area contributed by atoms with Gasteiger partial charge in [0.05, 0.1) is 14.2 Å². The summed E-state index contributed by atoms with van der Waals surface area (Å²) >= 11 is 0. The maximum atomic E-state index is 13.3. The molecule has 0 saturated carbocycles. The summed E-state index contributed by atoms with van der Waals surface area (Å²) in [6.45, 7) is 3.87. The summed E-state index contributed by atoms with van der Waals surface area (Å²) in [5.74, 6) is 2.42. The molecule has 2 aromatic carbocycles. The Morgan fingerprint density at radius 3 is 2.74 bits per heavy atom. The van der Waals surface area contributed by atoms with E-state index in [1.807, 2.05) is 23.1 Å². The maximum Gasteiger partial charge on any atom is 0.231 e. The van der Waals surface area contributed by atoms with Gasteiger partial charge in [-0.05, 0) is 36.5 Å². The predicted molar refractivity (Wildman–Crippen MR) is 115 cm³/mol. The minimum atomic E-state index is -0.417. The number of hydrogen-bond donors (Lipinski definition) is 1. The van der Waals surface area contributed by atoms with Crippen LogP contribution in [0.4, 0.5) is 0 Å². The van der Waals surface area contributed by atoms with Crippen molar-refractivity contribution in [3.63, 3.8) is 0 Å². The quantitative estimate of drug-likeness (QED) is 0.753. The van der Waals surface area contributed by atoms with Crippen molar-refractivity contribution in [2.24, 2.45) is 5.92 Å². The molecule has 0 spiro atoms. The molecule has 0 bridgehead atoms. The van der Waals surface area contributed by atoms with E-state index in [-0.39, 0.29) is 24.9 Å². The number of piperidine rings is 1. The molecule has 0 radical (unpaired) electrons. The molecule has 2 atom stereocenters. The molecule has 1 N–H and O–H groups in total. The van der Waals surface area contributed by atoms with Crippen molar-refractivity contribution in [3.05, 3.63) is 41.5 Å². The van der Waals surface area contributed by atoms with Gasteiger partial charge >= 0.3 is 0 Å². The lowest BCUT2D eigenvalue weighted by Gasteiger charge is -2.32. The minimum absolute atomic E-state index is 0.0266. The monoisotopic (exact) mass is 427 g/mol. The Hall–Kier alpha value is -3.09. The van der Waals surface area contributed by atoms with Gasteiger partial charge in [0.15, 0.2) is 11.5 Å². The summed E-state index contributed by atoms with van der Waals surface area (Å²) in [5.41, 5.74) is 1.40. The van der Waals surface area contributed by atoms with Crippen molar-refractivity contribution in [2.75, 3.05) is 34.1 Å². The highest BCUT2D eigenvalue weighted by atomic mass is 16.7. The Morgan fingerprint density at radius 1 is 1.19 bits per heavy atom. The van der Waals surface area contributed by atoms with E-state index in [9.17, 15) is 9.90 Å². The lowest BCUT2D eigenvalue weighted by molar-refractivity contribution is -0.133. The summed E-state index contributed by atoms with van der Waals surface area (Å²) < 4.78 is 21.9. The van der Waals surface area contributed by atoms with Crippen LogP contribution in [0, 0.1) is 5.92 Å². The standard InChI is InChI=1S/C24H29NO6/c1-15-5-4-8-25(13-15)23(27)12-18(16-6-7-20-21(9-16)31-14-30-20)24-19(26)10-17(28-2)11-22(24)29-3/h6-7,9-11,15,18,26H,4-5,8,12-14H2,1-3H3/t15-,18+/m0/s1. The van der Waals surface area contributed by atoms with Crippen LogP contribution in [0.15, 0.2) is 30.3 Å². The van der Waals surface area contributed by atoms with Crippen molar-refractivity contribution in [1.29, 1.82) is 0 Å². The van der Waals surface area contributed by atoms with Crippen LogP contribution in [0.5, 0.6) is 28.7 Å². The number of methoxy groups -OCH3 is 2. The van der Waals surface area contributed by atoms with Crippen molar-refractivity contribution in [2.45, 2.75) is 32.1 Å². The maximum absolute atomic E-state index is 13.3. The van der Waals surface area contributed by atoms with Gasteiger partial charge in [-0.1, -0.05) is 13.0 Å². The number of amides is 1. The van der Waals surface area contributed by atoms with Crippen LogP contribution in [0.3, 0.4) is 0 Å². The van der Waals surface area contributed by atoms with Gasteiger partial charge in [0.1, 0.15) is 17.2 Å². The zero-order chi connectivity index (χ0) is 22.0. The first-order valence-electron chi connectivity index (χ1n) is 10.6. The largest absolute Gasteiger partial charge is 0.507 e. The van der Waals surface area contributed by atoms with Crippen molar-refractivity contribution >= 4 is 5.91 Å². The highest BCUT2D eigenvalue weighted by molar-refractivity contribution is 5.78. The Kier molecular flexibility index (Phi) is 6.11. The van der Waals surface area contributed by atoms with Gasteiger partial charge in [0.2, 0.25) is 12.7 Å². The number of carbonyl (C=O) groups excluding carboxylic acids is 1. The van der Waals surface area contributed by atoms with Gasteiger partial charge in [-0.3, -0.25) is 4.79 Å². The van der Waals surface area contributed by atoms with Crippen LogP contribution in [-0.2, 0) is 4.79 Å². The van der Waals surface area contributed by atoms with E-state index >= 15 is 0 Å². The fraction of sp³-hybridized carbons (Fsp3) is 0.458. The number of hydrogen-bond acceptors (Lipinski definition) is 6.